The van der Waals surface area contributed by atoms with E-state index in [0.717, 1.165) is 41.0 Å². The van der Waals surface area contributed by atoms with Crippen LogP contribution in [0, 0.1) is 13.8 Å². The molecule has 0 saturated carbocycles. The van der Waals surface area contributed by atoms with Gasteiger partial charge in [0.1, 0.15) is 0 Å². The number of amides is 2. The number of aryl methyl sites for hydroxylation is 1. The van der Waals surface area contributed by atoms with Crippen LogP contribution in [0.25, 0.3) is 5.69 Å². The molecule has 0 aliphatic carbocycles. The number of ether oxygens (including phenoxy) is 1. The largest absolute Gasteiger partial charge is 0.462 e. The summed E-state index contributed by atoms with van der Waals surface area (Å²) in [6.45, 7) is 6.41. The van der Waals surface area contributed by atoms with Crippen molar-refractivity contribution in [3.05, 3.63) is 125 Å². The quantitative estimate of drug-likeness (QED) is 0.0945. The van der Waals surface area contributed by atoms with Crippen LogP contribution in [0.4, 0.5) is 0 Å². The van der Waals surface area contributed by atoms with Gasteiger partial charge in [0, 0.05) is 28.2 Å². The van der Waals surface area contributed by atoms with Crippen LogP contribution in [0.3, 0.4) is 0 Å². The predicted molar refractivity (Wildman–Crippen MR) is 164 cm³/mol. The number of carbonyl (C=O) groups excluding carboxylic acids is 3. The highest BCUT2D eigenvalue weighted by Crippen LogP contribution is 2.21. The van der Waals surface area contributed by atoms with Gasteiger partial charge in [-0.3, -0.25) is 9.59 Å². The molecule has 0 saturated heterocycles. The van der Waals surface area contributed by atoms with Gasteiger partial charge < -0.3 is 14.6 Å². The van der Waals surface area contributed by atoms with E-state index in [0.29, 0.717) is 17.7 Å². The number of carbonyl (C=O) groups is 3. The van der Waals surface area contributed by atoms with Crippen LogP contribution in [0.5, 0.6) is 0 Å². The van der Waals surface area contributed by atoms with Crippen LogP contribution in [-0.2, 0) is 9.53 Å². The van der Waals surface area contributed by atoms with Crippen molar-refractivity contribution in [2.24, 2.45) is 5.10 Å². The molecule has 1 atom stereocenters. The van der Waals surface area contributed by atoms with E-state index < -0.39 is 6.04 Å². The second kappa shape index (κ2) is 14.6. The molecule has 4 aromatic rings. The maximum Gasteiger partial charge on any atom is 0.338 e. The van der Waals surface area contributed by atoms with Gasteiger partial charge in [-0.05, 0) is 68.3 Å². The molecule has 1 aromatic heterocycles. The van der Waals surface area contributed by atoms with Gasteiger partial charge in [0.15, 0.2) is 0 Å². The summed E-state index contributed by atoms with van der Waals surface area (Å²) in [7, 11) is 0. The second-order valence-electron chi connectivity index (χ2n) is 10.00. The molecule has 3 aromatic carbocycles. The van der Waals surface area contributed by atoms with Crippen LogP contribution in [0.15, 0.2) is 96.1 Å². The minimum atomic E-state index is -0.522. The van der Waals surface area contributed by atoms with Crippen molar-refractivity contribution in [2.45, 2.75) is 46.1 Å². The van der Waals surface area contributed by atoms with Crippen LogP contribution >= 0.6 is 0 Å². The number of benzene rings is 3. The molecule has 2 amide bonds. The minimum Gasteiger partial charge on any atom is -0.462 e. The molecule has 0 radical (unpaired) electrons. The van der Waals surface area contributed by atoms with E-state index in [9.17, 15) is 14.4 Å². The van der Waals surface area contributed by atoms with Gasteiger partial charge in [-0.2, -0.15) is 5.10 Å². The van der Waals surface area contributed by atoms with Crippen LogP contribution in [0.2, 0.25) is 0 Å². The fourth-order valence-corrected chi connectivity index (χ4v) is 4.63. The predicted octanol–water partition coefficient (Wildman–Crippen LogP) is 6.06. The number of hydrazone groups is 1. The summed E-state index contributed by atoms with van der Waals surface area (Å²) in [6, 6.07) is 27.0. The lowest BCUT2D eigenvalue weighted by molar-refractivity contribution is -0.121. The standard InChI is InChI=1S/C34H36N4O4/c1-4-5-20-42-34(41)28-16-18-30(19-17-28)38-24(2)21-29(25(38)3)23-35-37-32(39)22-31(26-12-8-6-9-13-26)36-33(40)27-14-10-7-11-15-27/h6-19,21,23,31H,4-5,20,22H2,1-3H3,(H,36,40)(H,37,39)/b35-23-/t31-/m1/s1. The molecule has 4 rings (SSSR count). The van der Waals surface area contributed by atoms with Gasteiger partial charge in [-0.15, -0.1) is 0 Å². The highest BCUT2D eigenvalue weighted by atomic mass is 16.5. The van der Waals surface area contributed by atoms with E-state index in [4.69, 9.17) is 4.74 Å². The molecule has 0 aliphatic rings. The summed E-state index contributed by atoms with van der Waals surface area (Å²) in [5.41, 5.74) is 8.11. The minimum absolute atomic E-state index is 0.0200. The summed E-state index contributed by atoms with van der Waals surface area (Å²) in [5, 5.41) is 7.16. The number of nitrogens with zero attached hydrogens (tertiary/aromatic N) is 2. The van der Waals surface area contributed by atoms with Crippen LogP contribution < -0.4 is 10.7 Å². The van der Waals surface area contributed by atoms with Gasteiger partial charge in [-0.1, -0.05) is 61.9 Å². The lowest BCUT2D eigenvalue weighted by Crippen LogP contribution is -2.32. The Bertz CT molecular complexity index is 1530. The third kappa shape index (κ3) is 7.81. The fraction of sp³-hybridized carbons (Fsp3) is 0.235. The summed E-state index contributed by atoms with van der Waals surface area (Å²) in [6.07, 6.45) is 3.44. The lowest BCUT2D eigenvalue weighted by Gasteiger charge is -2.18. The molecule has 42 heavy (non-hydrogen) atoms. The Kier molecular flexibility index (Phi) is 10.4. The first kappa shape index (κ1) is 30.0. The Balaban J connectivity index is 1.41. The molecule has 8 heteroatoms. The number of nitrogens with one attached hydrogen (secondary N) is 2. The topological polar surface area (TPSA) is 102 Å². The Morgan fingerprint density at radius 3 is 2.24 bits per heavy atom. The number of hydrogen-bond acceptors (Lipinski definition) is 5. The first-order valence-corrected chi connectivity index (χ1v) is 14.1. The molecule has 0 bridgehead atoms. The number of aromatic nitrogens is 1. The number of esters is 1. The van der Waals surface area contributed by atoms with Crippen LogP contribution in [0.1, 0.15) is 75.5 Å². The van der Waals surface area contributed by atoms with E-state index in [-0.39, 0.29) is 24.2 Å². The first-order chi connectivity index (χ1) is 20.4. The van der Waals surface area contributed by atoms with Gasteiger partial charge in [-0.25, -0.2) is 10.2 Å². The zero-order valence-corrected chi connectivity index (χ0v) is 24.2. The van der Waals surface area contributed by atoms with Gasteiger partial charge >= 0.3 is 5.97 Å². The van der Waals surface area contributed by atoms with E-state index >= 15 is 0 Å². The third-order valence-electron chi connectivity index (χ3n) is 6.89. The second-order valence-corrected chi connectivity index (χ2v) is 10.00. The molecule has 216 valence electrons. The summed E-state index contributed by atoms with van der Waals surface area (Å²) < 4.78 is 7.35. The maximum atomic E-state index is 12.9. The van der Waals surface area contributed by atoms with Crippen molar-refractivity contribution in [2.75, 3.05) is 6.61 Å². The van der Waals surface area contributed by atoms with E-state index in [1.54, 1.807) is 42.6 Å². The average molecular weight is 565 g/mol. The van der Waals surface area contributed by atoms with Crippen molar-refractivity contribution in [1.82, 2.24) is 15.3 Å². The monoisotopic (exact) mass is 564 g/mol. The van der Waals surface area contributed by atoms with Crippen molar-refractivity contribution in [3.63, 3.8) is 0 Å². The number of unbranched alkanes of at least 4 members (excludes halogenated alkanes) is 1. The van der Waals surface area contributed by atoms with Gasteiger partial charge in [0.05, 0.1) is 30.8 Å². The average Bonchev–Trinajstić information content (AvgIpc) is 3.29. The van der Waals surface area contributed by atoms with E-state index in [1.807, 2.05) is 75.4 Å². The highest BCUT2D eigenvalue weighted by molar-refractivity contribution is 5.95. The Morgan fingerprint density at radius 1 is 0.905 bits per heavy atom. The Hall–Kier alpha value is -4.98. The molecule has 0 aliphatic heterocycles. The van der Waals surface area contributed by atoms with Crippen molar-refractivity contribution in [1.29, 1.82) is 0 Å². The van der Waals surface area contributed by atoms with Gasteiger partial charge in [0.2, 0.25) is 5.91 Å². The summed E-state index contributed by atoms with van der Waals surface area (Å²) in [5.74, 6) is -0.910. The summed E-state index contributed by atoms with van der Waals surface area (Å²) >= 11 is 0. The van der Waals surface area contributed by atoms with Crippen molar-refractivity contribution >= 4 is 24.0 Å². The van der Waals surface area contributed by atoms with Crippen LogP contribution in [-0.4, -0.2) is 35.2 Å². The molecular formula is C34H36N4O4. The summed E-state index contributed by atoms with van der Waals surface area (Å²) in [4.78, 5) is 37.9. The molecular weight excluding hydrogens is 528 g/mol. The molecule has 8 nitrogen and oxygen atoms in total. The normalized spacial score (nSPS) is 11.7. The molecule has 1 heterocycles. The number of hydrogen-bond donors (Lipinski definition) is 2. The zero-order valence-electron chi connectivity index (χ0n) is 24.2. The smallest absolute Gasteiger partial charge is 0.338 e. The Morgan fingerprint density at radius 2 is 1.57 bits per heavy atom. The zero-order chi connectivity index (χ0) is 29.9. The highest BCUT2D eigenvalue weighted by Gasteiger charge is 2.19. The fourth-order valence-electron chi connectivity index (χ4n) is 4.63. The maximum absolute atomic E-state index is 12.9. The van der Waals surface area contributed by atoms with Gasteiger partial charge in [0.25, 0.3) is 5.91 Å². The lowest BCUT2D eigenvalue weighted by atomic mass is 10.0. The third-order valence-corrected chi connectivity index (χ3v) is 6.89. The first-order valence-electron chi connectivity index (χ1n) is 14.1. The van der Waals surface area contributed by atoms with Crippen molar-refractivity contribution in [3.8, 4) is 5.69 Å². The SMILES string of the molecule is CCCCOC(=O)c1ccc(-n2c(C)cc(/C=N\NC(=O)C[C@@H](NC(=O)c3ccccc3)c3ccccc3)c2C)cc1. The molecule has 0 fully saturated rings. The Labute approximate surface area is 246 Å². The molecule has 0 unspecified atom stereocenters. The molecule has 0 spiro atoms. The number of rotatable bonds is 12. The van der Waals surface area contributed by atoms with Crippen molar-refractivity contribution < 1.29 is 19.1 Å². The van der Waals surface area contributed by atoms with E-state index in [1.165, 1.54) is 0 Å². The van der Waals surface area contributed by atoms with E-state index in [2.05, 4.69) is 20.4 Å². The molecule has 2 N–H and O–H groups in total.